The van der Waals surface area contributed by atoms with Crippen LogP contribution in [-0.4, -0.2) is 241 Å². The summed E-state index contributed by atoms with van der Waals surface area (Å²) in [5.74, 6) is -8.34. The van der Waals surface area contributed by atoms with E-state index >= 15 is 24.0 Å². The third kappa shape index (κ3) is 23.6. The van der Waals surface area contributed by atoms with Gasteiger partial charge in [-0.15, -0.1) is 0 Å². The number of nitrogens with zero attached hydrogens (tertiary/aromatic N) is 8. The smallest absolute Gasteiger partial charge is 0.246 e. The molecule has 0 aromatic rings. The van der Waals surface area contributed by atoms with Crippen LogP contribution in [0.15, 0.2) is 12.2 Å². The van der Waals surface area contributed by atoms with Crippen LogP contribution >= 0.6 is 0 Å². The van der Waals surface area contributed by atoms with Crippen molar-refractivity contribution in [3.63, 3.8) is 0 Å². The molecule has 0 aliphatic carbocycles. The van der Waals surface area contributed by atoms with Crippen molar-refractivity contribution in [3.05, 3.63) is 12.2 Å². The monoisotopic (exact) mass is 1260 g/mol. The standard InChI is InChI=1S/C66H120N12O11/c1-27-29-30-44(15)37-51-58(81)69-47(28-2)61(84)72(20)48(31-32-71(18)19)62(85)73(21)50(34-39(5)6)59(82)70-54(42(11)12)65(88)74(22)49(33-38(3)4)57(80)67-45(16)56(79)68-46(17)60(83)76(24)52(35-40(7)8)63(86)77(25)53(36-41(9)10)64(87)78(26)55(43(13)14)66(89)75(51)23/h27,29,38-55H,28,30-37H2,1-26H3,(H,67,80)(H,68,79)(H,69,81)(H,70,82)/b29-27+/t44-,45-,46+,47+,48-,49-,50+,51+,52+,53+,54-,55+/m1/s1. The van der Waals surface area contributed by atoms with E-state index < -0.39 is 143 Å². The van der Waals surface area contributed by atoms with Crippen molar-refractivity contribution < 1.29 is 52.7 Å². The highest BCUT2D eigenvalue weighted by atomic mass is 16.2. The summed E-state index contributed by atoms with van der Waals surface area (Å²) in [6.07, 6.45) is 5.53. The molecule has 12 atom stereocenters. The number of amides is 11. The molecule has 1 heterocycles. The molecule has 1 saturated heterocycles. The van der Waals surface area contributed by atoms with Gasteiger partial charge >= 0.3 is 0 Å². The van der Waals surface area contributed by atoms with E-state index in [2.05, 4.69) is 21.3 Å². The lowest BCUT2D eigenvalue weighted by Gasteiger charge is -2.41. The molecule has 1 fully saturated rings. The molecule has 1 rings (SSSR count). The van der Waals surface area contributed by atoms with Crippen LogP contribution in [-0.2, 0) is 52.7 Å². The number of carbonyl (C=O) groups excluding carboxylic acids is 11. The maximum atomic E-state index is 15.3. The van der Waals surface area contributed by atoms with Crippen LogP contribution in [0.4, 0.5) is 0 Å². The predicted molar refractivity (Wildman–Crippen MR) is 349 cm³/mol. The summed E-state index contributed by atoms with van der Waals surface area (Å²) in [7, 11) is 14.1. The Bertz CT molecular complexity index is 2410. The van der Waals surface area contributed by atoms with Crippen LogP contribution in [0, 0.1) is 41.4 Å². The Morgan fingerprint density at radius 3 is 1.22 bits per heavy atom. The van der Waals surface area contributed by atoms with Crippen molar-refractivity contribution in [2.45, 2.75) is 236 Å². The normalized spacial score (nSPS) is 26.8. The van der Waals surface area contributed by atoms with Gasteiger partial charge < -0.3 is 60.5 Å². The van der Waals surface area contributed by atoms with Gasteiger partial charge in [0.2, 0.25) is 65.0 Å². The van der Waals surface area contributed by atoms with E-state index in [1.807, 2.05) is 100 Å². The molecule has 510 valence electrons. The number of allylic oxidation sites excluding steroid dienone is 2. The number of hydrogen-bond donors (Lipinski definition) is 4. The summed E-state index contributed by atoms with van der Waals surface area (Å²) in [4.78, 5) is 174. The topological polar surface area (TPSA) is 262 Å². The Kier molecular flexibility index (Phi) is 33.9. The second-order valence-corrected chi connectivity index (χ2v) is 27.8. The number of likely N-dealkylation sites (N-methyl/N-ethyl adjacent to an activating group) is 7. The summed E-state index contributed by atoms with van der Waals surface area (Å²) < 4.78 is 0. The molecule has 4 N–H and O–H groups in total. The molecule has 0 saturated carbocycles. The van der Waals surface area contributed by atoms with E-state index in [1.165, 1.54) is 97.5 Å². The first-order valence-electron chi connectivity index (χ1n) is 32.4. The van der Waals surface area contributed by atoms with Crippen LogP contribution in [0.1, 0.15) is 169 Å². The molecule has 23 nitrogen and oxygen atoms in total. The zero-order chi connectivity index (χ0) is 69.0. The first-order chi connectivity index (χ1) is 41.1. The van der Waals surface area contributed by atoms with E-state index in [1.54, 1.807) is 34.6 Å². The lowest BCUT2D eigenvalue weighted by Crippen LogP contribution is -2.62. The fourth-order valence-electron chi connectivity index (χ4n) is 11.5. The fraction of sp³-hybridized carbons (Fsp3) is 0.803. The van der Waals surface area contributed by atoms with Gasteiger partial charge in [-0.1, -0.05) is 109 Å². The first kappa shape index (κ1) is 80.9. The SMILES string of the molecule is C/C=C/C[C@@H](C)C[C@H]1C(=O)N[C@@H](CC)C(=O)N(C)[C@H](CCN(C)C)C(=O)N(C)[C@@H](CC(C)C)C(=O)N[C@H](C(C)C)C(=O)N(C)[C@H](CC(C)C)C(=O)N[C@H](C)C(=O)N[C@@H](C)C(=O)N(C)[C@@H](CC(C)C)C(=O)N(C)[C@@H](CC(C)C)C(=O)N(C)[C@@H](C(C)C)C(=O)N1C. The largest absolute Gasteiger partial charge is 0.343 e. The molecule has 0 aromatic heterocycles. The van der Waals surface area contributed by atoms with Gasteiger partial charge in [0.1, 0.15) is 66.5 Å². The molecule has 0 bridgehead atoms. The minimum atomic E-state index is -1.22. The van der Waals surface area contributed by atoms with Crippen molar-refractivity contribution in [1.82, 2.24) is 60.5 Å². The van der Waals surface area contributed by atoms with Crippen molar-refractivity contribution >= 4 is 65.0 Å². The minimum absolute atomic E-state index is 0.0966. The van der Waals surface area contributed by atoms with Crippen LogP contribution in [0.2, 0.25) is 0 Å². The summed E-state index contributed by atoms with van der Waals surface area (Å²) in [6, 6.07) is -12.7. The van der Waals surface area contributed by atoms with E-state index in [-0.39, 0.29) is 74.5 Å². The first-order valence-corrected chi connectivity index (χ1v) is 32.4. The fourth-order valence-corrected chi connectivity index (χ4v) is 11.5. The summed E-state index contributed by atoms with van der Waals surface area (Å²) in [5.41, 5.74) is 0. The van der Waals surface area contributed by atoms with Crippen molar-refractivity contribution in [3.8, 4) is 0 Å². The minimum Gasteiger partial charge on any atom is -0.343 e. The van der Waals surface area contributed by atoms with Crippen molar-refractivity contribution in [2.24, 2.45) is 41.4 Å². The van der Waals surface area contributed by atoms with E-state index in [0.29, 0.717) is 13.0 Å². The van der Waals surface area contributed by atoms with Gasteiger partial charge in [0.05, 0.1) is 0 Å². The number of hydrogen-bond acceptors (Lipinski definition) is 12. The summed E-state index contributed by atoms with van der Waals surface area (Å²) >= 11 is 0. The van der Waals surface area contributed by atoms with Gasteiger partial charge in [0.25, 0.3) is 0 Å². The van der Waals surface area contributed by atoms with Crippen LogP contribution < -0.4 is 21.3 Å². The van der Waals surface area contributed by atoms with Crippen molar-refractivity contribution in [2.75, 3.05) is 70.0 Å². The Morgan fingerprint density at radius 1 is 0.416 bits per heavy atom. The lowest BCUT2D eigenvalue weighted by atomic mass is 9.93. The van der Waals surface area contributed by atoms with E-state index in [9.17, 15) is 28.8 Å². The predicted octanol–water partition coefficient (Wildman–Crippen LogP) is 4.62. The molecule has 23 heteroatoms. The third-order valence-electron chi connectivity index (χ3n) is 17.1. The summed E-state index contributed by atoms with van der Waals surface area (Å²) in [6.45, 7) is 31.0. The Labute approximate surface area is 535 Å². The number of nitrogens with one attached hydrogen (secondary N) is 4. The average molecular weight is 1260 g/mol. The van der Waals surface area contributed by atoms with E-state index in [4.69, 9.17) is 0 Å². The van der Waals surface area contributed by atoms with Gasteiger partial charge in [-0.2, -0.15) is 0 Å². The molecule has 0 aromatic carbocycles. The highest BCUT2D eigenvalue weighted by Gasteiger charge is 2.45. The van der Waals surface area contributed by atoms with E-state index in [0.717, 1.165) is 0 Å². The van der Waals surface area contributed by atoms with Crippen LogP contribution in [0.25, 0.3) is 0 Å². The van der Waals surface area contributed by atoms with Gasteiger partial charge in [-0.25, -0.2) is 0 Å². The third-order valence-corrected chi connectivity index (χ3v) is 17.1. The molecular formula is C66H120N12O11. The zero-order valence-corrected chi connectivity index (χ0v) is 59.5. The molecule has 0 radical (unpaired) electrons. The van der Waals surface area contributed by atoms with Gasteiger partial charge in [0, 0.05) is 49.3 Å². The Balaban J connectivity index is 4.46. The Hall–Kier alpha value is -6.13. The quantitative estimate of drug-likeness (QED) is 0.137. The molecule has 11 amide bonds. The number of rotatable bonds is 18. The highest BCUT2D eigenvalue weighted by molar-refractivity contribution is 6.00. The Morgan fingerprint density at radius 2 is 0.787 bits per heavy atom. The zero-order valence-electron chi connectivity index (χ0n) is 59.5. The van der Waals surface area contributed by atoms with Gasteiger partial charge in [-0.3, -0.25) is 52.7 Å². The van der Waals surface area contributed by atoms with Crippen LogP contribution in [0.3, 0.4) is 0 Å². The molecular weight excluding hydrogens is 1140 g/mol. The van der Waals surface area contributed by atoms with Gasteiger partial charge in [-0.05, 0) is 134 Å². The molecule has 1 aliphatic heterocycles. The molecule has 0 unspecified atom stereocenters. The average Bonchev–Trinajstić information content (AvgIpc) is 2.49. The maximum Gasteiger partial charge on any atom is 0.246 e. The van der Waals surface area contributed by atoms with Gasteiger partial charge in [0.15, 0.2) is 0 Å². The molecule has 1 aliphatic rings. The summed E-state index contributed by atoms with van der Waals surface area (Å²) in [5, 5.41) is 11.3. The van der Waals surface area contributed by atoms with Crippen LogP contribution in [0.5, 0.6) is 0 Å². The molecule has 89 heavy (non-hydrogen) atoms. The number of carbonyl (C=O) groups is 11. The maximum absolute atomic E-state index is 15.3. The second kappa shape index (κ2) is 37.3. The molecule has 0 spiro atoms. The highest BCUT2D eigenvalue weighted by Crippen LogP contribution is 2.26. The second-order valence-electron chi connectivity index (χ2n) is 27.8. The lowest BCUT2D eigenvalue weighted by molar-refractivity contribution is -0.156. The van der Waals surface area contributed by atoms with Crippen molar-refractivity contribution in [1.29, 1.82) is 0 Å².